The van der Waals surface area contributed by atoms with Gasteiger partial charge in [0.05, 0.1) is 16.7 Å². The maximum atomic E-state index is 14.4. The first kappa shape index (κ1) is 22.4. The lowest BCUT2D eigenvalue weighted by Gasteiger charge is -2.28. The smallest absolute Gasteiger partial charge is 0.205 e. The van der Waals surface area contributed by atoms with E-state index < -0.39 is 17.7 Å². The van der Waals surface area contributed by atoms with E-state index in [9.17, 15) is 8.78 Å². The van der Waals surface area contributed by atoms with Crippen molar-refractivity contribution in [2.24, 2.45) is 0 Å². The largest absolute Gasteiger partial charge is 0.478 e. The Kier molecular flexibility index (Phi) is 5.97. The van der Waals surface area contributed by atoms with Crippen LogP contribution in [0.25, 0.3) is 22.1 Å². The van der Waals surface area contributed by atoms with Gasteiger partial charge in [-0.2, -0.15) is 0 Å². The number of nitrogens with zero attached hydrogens (tertiary/aromatic N) is 3. The third-order valence-corrected chi connectivity index (χ3v) is 6.27. The molecule has 34 heavy (non-hydrogen) atoms. The van der Waals surface area contributed by atoms with Gasteiger partial charge in [-0.05, 0) is 31.2 Å². The molecule has 1 aromatic carbocycles. The number of hydrogen-bond acceptors (Lipinski definition) is 7. The molecule has 3 N–H and O–H groups in total. The second-order valence-corrected chi connectivity index (χ2v) is 8.40. The molecule has 0 aliphatic carbocycles. The van der Waals surface area contributed by atoms with E-state index >= 15 is 0 Å². The fraction of sp³-hybridized carbons (Fsp3) is 0.250. The molecule has 4 heterocycles. The second-order valence-electron chi connectivity index (χ2n) is 8.02. The van der Waals surface area contributed by atoms with Gasteiger partial charge in [-0.25, -0.2) is 18.7 Å². The number of benzene rings is 1. The molecule has 10 heteroatoms. The highest BCUT2D eigenvalue weighted by atomic mass is 35.5. The maximum absolute atomic E-state index is 14.4. The summed E-state index contributed by atoms with van der Waals surface area (Å²) in [6.07, 6.45) is 3.98. The molecule has 0 bridgehead atoms. The number of rotatable bonds is 5. The molecule has 4 aromatic rings. The number of nitrogens with two attached hydrogens (primary N) is 1. The van der Waals surface area contributed by atoms with Crippen molar-refractivity contribution in [2.75, 3.05) is 36.8 Å². The number of nitrogens with one attached hydrogen (secondary N) is 1. The average molecular weight is 486 g/mol. The van der Waals surface area contributed by atoms with Crippen molar-refractivity contribution >= 4 is 34.2 Å². The molecule has 1 atom stereocenters. The van der Waals surface area contributed by atoms with E-state index in [-0.39, 0.29) is 22.2 Å². The molecule has 0 spiro atoms. The van der Waals surface area contributed by atoms with Crippen LogP contribution >= 0.6 is 11.6 Å². The van der Waals surface area contributed by atoms with Gasteiger partial charge in [0.1, 0.15) is 23.6 Å². The van der Waals surface area contributed by atoms with Crippen molar-refractivity contribution in [3.8, 4) is 16.9 Å². The quantitative estimate of drug-likeness (QED) is 0.386. The summed E-state index contributed by atoms with van der Waals surface area (Å²) in [6, 6.07) is 5.90. The topological polar surface area (TPSA) is 89.4 Å². The molecule has 1 aliphatic rings. The van der Waals surface area contributed by atoms with Gasteiger partial charge in [0.25, 0.3) is 0 Å². The summed E-state index contributed by atoms with van der Waals surface area (Å²) < 4.78 is 40.0. The monoisotopic (exact) mass is 485 g/mol. The third-order valence-electron chi connectivity index (χ3n) is 5.88. The van der Waals surface area contributed by atoms with Gasteiger partial charge in [0.2, 0.25) is 5.75 Å². The Morgan fingerprint density at radius 3 is 2.62 bits per heavy atom. The van der Waals surface area contributed by atoms with Crippen molar-refractivity contribution < 1.29 is 17.9 Å². The molecule has 1 aliphatic heterocycles. The van der Waals surface area contributed by atoms with E-state index in [1.54, 1.807) is 25.6 Å². The predicted octanol–water partition coefficient (Wildman–Crippen LogP) is 4.95. The molecule has 0 saturated carbocycles. The number of ether oxygens (including phenoxy) is 1. The predicted molar refractivity (Wildman–Crippen MR) is 127 cm³/mol. The fourth-order valence-corrected chi connectivity index (χ4v) is 4.40. The first-order valence-corrected chi connectivity index (χ1v) is 11.2. The lowest BCUT2D eigenvalue weighted by atomic mass is 10.1. The van der Waals surface area contributed by atoms with Crippen LogP contribution in [-0.4, -0.2) is 36.1 Å². The molecule has 176 valence electrons. The Bertz CT molecular complexity index is 1340. The number of halogens is 3. The SMILES string of the molecule is C[C@@H](Oc1c(N)ncc2c(-c3ccc(N4CCNCC4)nc3)coc12)c1c(F)ccc(F)c1Cl. The minimum Gasteiger partial charge on any atom is -0.478 e. The van der Waals surface area contributed by atoms with Crippen molar-refractivity contribution in [1.82, 2.24) is 15.3 Å². The summed E-state index contributed by atoms with van der Waals surface area (Å²) in [5.41, 5.74) is 7.87. The molecular formula is C24H22ClF2N5O2. The van der Waals surface area contributed by atoms with Crippen molar-refractivity contribution in [2.45, 2.75) is 13.0 Å². The summed E-state index contributed by atoms with van der Waals surface area (Å²) >= 11 is 5.99. The lowest BCUT2D eigenvalue weighted by molar-refractivity contribution is 0.221. The van der Waals surface area contributed by atoms with E-state index in [0.717, 1.165) is 55.3 Å². The van der Waals surface area contributed by atoms with Crippen LogP contribution in [0.4, 0.5) is 20.4 Å². The van der Waals surface area contributed by atoms with Gasteiger partial charge in [-0.3, -0.25) is 0 Å². The average Bonchev–Trinajstić information content (AvgIpc) is 3.28. The maximum Gasteiger partial charge on any atom is 0.205 e. The van der Waals surface area contributed by atoms with Crippen LogP contribution in [-0.2, 0) is 0 Å². The van der Waals surface area contributed by atoms with Crippen molar-refractivity contribution in [3.05, 3.63) is 65.1 Å². The summed E-state index contributed by atoms with van der Waals surface area (Å²) in [4.78, 5) is 11.1. The van der Waals surface area contributed by atoms with Gasteiger partial charge < -0.3 is 25.1 Å². The van der Waals surface area contributed by atoms with Crippen LogP contribution in [0.2, 0.25) is 5.02 Å². The Morgan fingerprint density at radius 1 is 1.12 bits per heavy atom. The standard InChI is InChI=1S/C24H22ClF2N5O2/c1-13(20-17(26)3-4-18(27)21(20)25)34-23-22-15(11-31-24(23)28)16(12-33-22)14-2-5-19(30-10-14)32-8-6-29-7-9-32/h2-5,10-13,29H,6-9H2,1H3,(H2,28,31)/t13-/m1/s1. The van der Waals surface area contributed by atoms with E-state index in [4.69, 9.17) is 26.5 Å². The summed E-state index contributed by atoms with van der Waals surface area (Å²) in [5, 5.41) is 3.63. The molecule has 3 aromatic heterocycles. The zero-order valence-corrected chi connectivity index (χ0v) is 19.1. The molecule has 7 nitrogen and oxygen atoms in total. The fourth-order valence-electron chi connectivity index (χ4n) is 4.10. The first-order chi connectivity index (χ1) is 16.4. The molecule has 1 saturated heterocycles. The highest BCUT2D eigenvalue weighted by Gasteiger charge is 2.24. The van der Waals surface area contributed by atoms with Crippen LogP contribution in [0.1, 0.15) is 18.6 Å². The Balaban J connectivity index is 1.47. The third kappa shape index (κ3) is 4.01. The minimum atomic E-state index is -0.952. The van der Waals surface area contributed by atoms with Gasteiger partial charge in [-0.15, -0.1) is 0 Å². The summed E-state index contributed by atoms with van der Waals surface area (Å²) in [5.74, 6) is -0.336. The van der Waals surface area contributed by atoms with E-state index in [0.29, 0.717) is 11.0 Å². The van der Waals surface area contributed by atoms with Crippen LogP contribution in [0.15, 0.2) is 47.3 Å². The highest BCUT2D eigenvalue weighted by molar-refractivity contribution is 6.31. The highest BCUT2D eigenvalue weighted by Crippen LogP contribution is 2.40. The summed E-state index contributed by atoms with van der Waals surface area (Å²) in [6.45, 7) is 5.20. The van der Waals surface area contributed by atoms with Crippen molar-refractivity contribution in [1.29, 1.82) is 0 Å². The van der Waals surface area contributed by atoms with Crippen LogP contribution in [0.5, 0.6) is 5.75 Å². The van der Waals surface area contributed by atoms with E-state index in [2.05, 4.69) is 20.2 Å². The number of pyridine rings is 2. The molecule has 0 amide bonds. The molecular weight excluding hydrogens is 464 g/mol. The Morgan fingerprint density at radius 2 is 1.88 bits per heavy atom. The number of nitrogen functional groups attached to an aromatic ring is 1. The van der Waals surface area contributed by atoms with Gasteiger partial charge in [0.15, 0.2) is 11.4 Å². The van der Waals surface area contributed by atoms with Crippen LogP contribution in [0, 0.1) is 11.6 Å². The second kappa shape index (κ2) is 9.08. The molecule has 0 unspecified atom stereocenters. The zero-order chi connectivity index (χ0) is 23.8. The van der Waals surface area contributed by atoms with Crippen LogP contribution < -0.4 is 20.7 Å². The summed E-state index contributed by atoms with van der Waals surface area (Å²) in [7, 11) is 0. The number of furan rings is 1. The first-order valence-electron chi connectivity index (χ1n) is 10.8. The van der Waals surface area contributed by atoms with Crippen molar-refractivity contribution in [3.63, 3.8) is 0 Å². The molecule has 0 radical (unpaired) electrons. The minimum absolute atomic E-state index is 0.0559. The van der Waals surface area contributed by atoms with E-state index in [1.807, 2.05) is 12.1 Å². The normalized spacial score (nSPS) is 15.0. The lowest BCUT2D eigenvalue weighted by Crippen LogP contribution is -2.43. The molecule has 1 fully saturated rings. The number of hydrogen-bond donors (Lipinski definition) is 2. The number of aromatic nitrogens is 2. The van der Waals surface area contributed by atoms with Gasteiger partial charge >= 0.3 is 0 Å². The number of piperazine rings is 1. The Labute approximate surface area is 199 Å². The van der Waals surface area contributed by atoms with E-state index in [1.165, 1.54) is 0 Å². The van der Waals surface area contributed by atoms with Gasteiger partial charge in [0, 0.05) is 55.3 Å². The Hall–Kier alpha value is -3.43. The molecule has 5 rings (SSSR count). The number of anilines is 2. The zero-order valence-electron chi connectivity index (χ0n) is 18.3. The number of fused-ring (bicyclic) bond motifs is 1. The van der Waals surface area contributed by atoms with Gasteiger partial charge in [-0.1, -0.05) is 11.6 Å². The van der Waals surface area contributed by atoms with Crippen LogP contribution in [0.3, 0.4) is 0 Å².